The van der Waals surface area contributed by atoms with Gasteiger partial charge in [0, 0.05) is 0 Å². The molecule has 0 aromatic carbocycles. The summed E-state index contributed by atoms with van der Waals surface area (Å²) in [5, 5.41) is 0. The molecule has 14 heavy (non-hydrogen) atoms. The van der Waals surface area contributed by atoms with Crippen LogP contribution in [0.15, 0.2) is 0 Å². The van der Waals surface area contributed by atoms with Crippen LogP contribution in [0.4, 0.5) is 0 Å². The predicted octanol–water partition coefficient (Wildman–Crippen LogP) is 1.82. The van der Waals surface area contributed by atoms with Gasteiger partial charge in [0.1, 0.15) is 0 Å². The summed E-state index contributed by atoms with van der Waals surface area (Å²) in [5.41, 5.74) is 5.05. The average molecular weight is 199 g/mol. The van der Waals surface area contributed by atoms with Gasteiger partial charge in [0.05, 0.1) is 11.2 Å². The van der Waals surface area contributed by atoms with E-state index in [0.29, 0.717) is 0 Å². The van der Waals surface area contributed by atoms with Crippen molar-refractivity contribution in [3.05, 3.63) is 0 Å². The minimum absolute atomic E-state index is 0.0495. The van der Waals surface area contributed by atoms with Gasteiger partial charge in [-0.15, -0.1) is 0 Å². The van der Waals surface area contributed by atoms with Crippen molar-refractivity contribution in [1.29, 1.82) is 0 Å². The second-order valence-corrected chi connectivity index (χ2v) is 4.97. The summed E-state index contributed by atoms with van der Waals surface area (Å²) in [6, 6.07) is 0. The molecule has 82 valence electrons. The molecular weight excluding hydrogens is 177 g/mol. The number of hydrogen-bond acceptors (Lipinski definition) is 3. The minimum Gasteiger partial charge on any atom is -0.403 e. The van der Waals surface area contributed by atoms with Gasteiger partial charge < -0.3 is 15.0 Å². The van der Waals surface area contributed by atoms with Crippen molar-refractivity contribution in [3.63, 3.8) is 0 Å². The fourth-order valence-electron chi connectivity index (χ4n) is 1.54. The van der Waals surface area contributed by atoms with Crippen molar-refractivity contribution in [2.24, 2.45) is 5.73 Å². The second kappa shape index (κ2) is 4.21. The third kappa shape index (κ3) is 2.50. The van der Waals surface area contributed by atoms with E-state index in [9.17, 15) is 0 Å². The fraction of sp³-hybridized carbons (Fsp3) is 1.00. The Morgan fingerprint density at radius 3 is 1.93 bits per heavy atom. The van der Waals surface area contributed by atoms with Crippen LogP contribution >= 0.6 is 0 Å². The highest BCUT2D eigenvalue weighted by Crippen LogP contribution is 2.37. The third-order valence-electron chi connectivity index (χ3n) is 3.20. The monoisotopic (exact) mass is 199 g/mol. The Morgan fingerprint density at radius 1 is 1.00 bits per heavy atom. The molecule has 1 saturated heterocycles. The normalized spacial score (nSPS) is 24.2. The SMILES string of the molecule is CC1(C)OB(CCCCN)OC1(C)C. The molecule has 1 rings (SSSR count). The molecule has 2 N–H and O–H groups in total. The van der Waals surface area contributed by atoms with Crippen LogP contribution in [-0.4, -0.2) is 24.9 Å². The predicted molar refractivity (Wildman–Crippen MR) is 59.2 cm³/mol. The summed E-state index contributed by atoms with van der Waals surface area (Å²) in [6.45, 7) is 9.07. The Hall–Kier alpha value is -0.0551. The largest absolute Gasteiger partial charge is 0.457 e. The standard InChI is InChI=1S/C10H22BNO2/c1-9(2)10(3,4)14-11(13-9)7-5-6-8-12/h5-8,12H2,1-4H3. The molecule has 0 aliphatic carbocycles. The first-order valence-corrected chi connectivity index (χ1v) is 5.45. The zero-order valence-electron chi connectivity index (χ0n) is 9.80. The van der Waals surface area contributed by atoms with Crippen LogP contribution in [0, 0.1) is 0 Å². The highest BCUT2D eigenvalue weighted by Gasteiger charge is 2.50. The number of nitrogens with two attached hydrogens (primary N) is 1. The van der Waals surface area contributed by atoms with E-state index in [1.807, 2.05) is 0 Å². The first-order valence-electron chi connectivity index (χ1n) is 5.45. The summed E-state index contributed by atoms with van der Waals surface area (Å²) < 4.78 is 11.7. The molecule has 0 bridgehead atoms. The van der Waals surface area contributed by atoms with Gasteiger partial charge in [0.25, 0.3) is 0 Å². The highest BCUT2D eigenvalue weighted by atomic mass is 16.7. The summed E-state index contributed by atoms with van der Waals surface area (Å²) in [5.74, 6) is 0. The van der Waals surface area contributed by atoms with E-state index >= 15 is 0 Å². The number of rotatable bonds is 4. The first-order chi connectivity index (χ1) is 6.39. The third-order valence-corrected chi connectivity index (χ3v) is 3.20. The van der Waals surface area contributed by atoms with Crippen LogP contribution < -0.4 is 5.73 Å². The molecule has 3 nitrogen and oxygen atoms in total. The van der Waals surface area contributed by atoms with E-state index in [1.165, 1.54) is 0 Å². The lowest BCUT2D eigenvalue weighted by molar-refractivity contribution is 0.00578. The van der Waals surface area contributed by atoms with Crippen LogP contribution in [-0.2, 0) is 9.31 Å². The topological polar surface area (TPSA) is 44.5 Å². The van der Waals surface area contributed by atoms with Crippen molar-refractivity contribution in [2.45, 2.75) is 58.1 Å². The van der Waals surface area contributed by atoms with Gasteiger partial charge in [-0.3, -0.25) is 0 Å². The molecule has 4 heteroatoms. The lowest BCUT2D eigenvalue weighted by Gasteiger charge is -2.32. The lowest BCUT2D eigenvalue weighted by atomic mass is 9.82. The molecule has 0 saturated carbocycles. The number of hydrogen-bond donors (Lipinski definition) is 1. The van der Waals surface area contributed by atoms with Gasteiger partial charge in [-0.25, -0.2) is 0 Å². The average Bonchev–Trinajstić information content (AvgIpc) is 2.21. The minimum atomic E-state index is -0.194. The van der Waals surface area contributed by atoms with Crippen LogP contribution in [0.1, 0.15) is 40.5 Å². The summed E-state index contributed by atoms with van der Waals surface area (Å²) in [7, 11) is -0.0495. The first kappa shape index (κ1) is 12.0. The van der Waals surface area contributed by atoms with E-state index in [1.54, 1.807) is 0 Å². The van der Waals surface area contributed by atoms with E-state index in [2.05, 4.69) is 27.7 Å². The maximum Gasteiger partial charge on any atom is 0.457 e. The zero-order valence-corrected chi connectivity index (χ0v) is 9.80. The molecule has 0 spiro atoms. The van der Waals surface area contributed by atoms with Gasteiger partial charge in [0.15, 0.2) is 0 Å². The van der Waals surface area contributed by atoms with E-state index in [4.69, 9.17) is 15.0 Å². The zero-order chi connectivity index (χ0) is 10.8. The Labute approximate surface area is 87.5 Å². The van der Waals surface area contributed by atoms with Crippen LogP contribution in [0.2, 0.25) is 6.32 Å². The summed E-state index contributed by atoms with van der Waals surface area (Å²) >= 11 is 0. The molecule has 1 aliphatic rings. The fourth-order valence-corrected chi connectivity index (χ4v) is 1.54. The number of unbranched alkanes of at least 4 members (excludes halogenated alkanes) is 1. The molecule has 0 radical (unpaired) electrons. The van der Waals surface area contributed by atoms with E-state index in [0.717, 1.165) is 25.7 Å². The maximum atomic E-state index is 5.85. The van der Waals surface area contributed by atoms with Crippen molar-refractivity contribution < 1.29 is 9.31 Å². The Morgan fingerprint density at radius 2 is 1.50 bits per heavy atom. The van der Waals surface area contributed by atoms with E-state index < -0.39 is 0 Å². The van der Waals surface area contributed by atoms with E-state index in [-0.39, 0.29) is 18.3 Å². The smallest absolute Gasteiger partial charge is 0.403 e. The lowest BCUT2D eigenvalue weighted by Crippen LogP contribution is -2.41. The summed E-state index contributed by atoms with van der Waals surface area (Å²) in [4.78, 5) is 0. The molecular formula is C10H22BNO2. The van der Waals surface area contributed by atoms with Gasteiger partial charge in [0.2, 0.25) is 0 Å². The van der Waals surface area contributed by atoms with Crippen molar-refractivity contribution in [3.8, 4) is 0 Å². The molecule has 0 aromatic heterocycles. The Bertz CT molecular complexity index is 179. The van der Waals surface area contributed by atoms with Crippen molar-refractivity contribution in [1.82, 2.24) is 0 Å². The highest BCUT2D eigenvalue weighted by molar-refractivity contribution is 6.45. The van der Waals surface area contributed by atoms with Crippen LogP contribution in [0.5, 0.6) is 0 Å². The Balaban J connectivity index is 2.39. The molecule has 0 aromatic rings. The maximum absolute atomic E-state index is 5.85. The van der Waals surface area contributed by atoms with Gasteiger partial charge >= 0.3 is 7.12 Å². The molecule has 0 unspecified atom stereocenters. The molecule has 1 fully saturated rings. The van der Waals surface area contributed by atoms with Gasteiger partial charge in [-0.2, -0.15) is 0 Å². The Kier molecular flexibility index (Phi) is 3.61. The van der Waals surface area contributed by atoms with Gasteiger partial charge in [-0.1, -0.05) is 6.42 Å². The van der Waals surface area contributed by atoms with Crippen molar-refractivity contribution >= 4 is 7.12 Å². The quantitative estimate of drug-likeness (QED) is 0.554. The van der Waals surface area contributed by atoms with Crippen molar-refractivity contribution in [2.75, 3.05) is 6.54 Å². The molecule has 0 atom stereocenters. The molecule has 1 aliphatic heterocycles. The second-order valence-electron chi connectivity index (χ2n) is 4.97. The van der Waals surface area contributed by atoms with Gasteiger partial charge in [-0.05, 0) is 47.0 Å². The van der Waals surface area contributed by atoms with Crippen LogP contribution in [0.3, 0.4) is 0 Å². The molecule has 1 heterocycles. The summed E-state index contributed by atoms with van der Waals surface area (Å²) in [6.07, 6.45) is 3.07. The molecule has 0 amide bonds. The van der Waals surface area contributed by atoms with Crippen LogP contribution in [0.25, 0.3) is 0 Å².